The maximum atomic E-state index is 10.8. The van der Waals surface area contributed by atoms with Gasteiger partial charge in [-0.15, -0.1) is 0 Å². The summed E-state index contributed by atoms with van der Waals surface area (Å²) in [6.07, 6.45) is 1.24. The molecule has 0 aliphatic heterocycles. The average molecular weight is 171 g/mol. The second kappa shape index (κ2) is 5.46. The zero-order valence-electron chi connectivity index (χ0n) is 7.07. The molecule has 0 aromatic rings. The van der Waals surface area contributed by atoms with Gasteiger partial charge in [-0.1, -0.05) is 0 Å². The van der Waals surface area contributed by atoms with E-state index in [4.69, 9.17) is 0 Å². The molecule has 0 aromatic heterocycles. The third-order valence-electron chi connectivity index (χ3n) is 1.30. The first-order valence-electron chi connectivity index (χ1n) is 3.49. The number of rotatable bonds is 6. The molecule has 0 spiro atoms. The van der Waals surface area contributed by atoms with Gasteiger partial charge in [-0.3, -0.25) is 14.4 Å². The van der Waals surface area contributed by atoms with Crippen molar-refractivity contribution in [2.75, 3.05) is 6.61 Å². The topological polar surface area (TPSA) is 60.4 Å². The van der Waals surface area contributed by atoms with Crippen LogP contribution >= 0.6 is 0 Å². The fourth-order valence-electron chi connectivity index (χ4n) is 0.709. The number of ether oxygens (including phenoxy) is 1. The highest BCUT2D eigenvalue weighted by molar-refractivity contribution is 5.92. The van der Waals surface area contributed by atoms with E-state index in [1.807, 2.05) is 0 Å². The second-order valence-corrected chi connectivity index (χ2v) is 2.42. The van der Waals surface area contributed by atoms with Crippen LogP contribution in [-0.2, 0) is 19.1 Å². The summed E-state index contributed by atoms with van der Waals surface area (Å²) in [5, 5.41) is 0. The van der Waals surface area contributed by atoms with E-state index in [0.717, 1.165) is 0 Å². The molecule has 1 unspecified atom stereocenters. The average Bonchev–Trinajstić information content (AvgIpc) is 1.96. The number of carbonyl (C=O) groups is 3. The van der Waals surface area contributed by atoms with Crippen molar-refractivity contribution in [2.24, 2.45) is 5.92 Å². The molecule has 1 radical (unpaired) electrons. The Balaban J connectivity index is 3.94. The van der Waals surface area contributed by atoms with E-state index >= 15 is 0 Å². The summed E-state index contributed by atoms with van der Waals surface area (Å²) in [7, 11) is 0. The molecule has 4 heteroatoms. The molecule has 0 saturated carbocycles. The molecule has 4 nitrogen and oxygen atoms in total. The molecule has 67 valence electrons. The third kappa shape index (κ3) is 4.60. The highest BCUT2D eigenvalue weighted by Crippen LogP contribution is 2.04. The van der Waals surface area contributed by atoms with Crippen LogP contribution in [0.5, 0.6) is 0 Å². The molecule has 0 bridgehead atoms. The molecule has 0 N–H and O–H groups in total. The lowest BCUT2D eigenvalue weighted by atomic mass is 10.0. The van der Waals surface area contributed by atoms with Crippen LogP contribution in [0, 0.1) is 12.3 Å². The molecule has 0 rings (SSSR count). The minimum absolute atomic E-state index is 0.0571. The van der Waals surface area contributed by atoms with Gasteiger partial charge in [-0.25, -0.2) is 0 Å². The van der Waals surface area contributed by atoms with Gasteiger partial charge in [0.05, 0.1) is 5.92 Å². The van der Waals surface area contributed by atoms with Crippen molar-refractivity contribution >= 4 is 18.0 Å². The lowest BCUT2D eigenvalue weighted by molar-refractivity contribution is -0.133. The predicted molar refractivity (Wildman–Crippen MR) is 41.2 cm³/mol. The van der Waals surface area contributed by atoms with Crippen molar-refractivity contribution in [2.45, 2.75) is 13.8 Å². The monoisotopic (exact) mass is 171 g/mol. The summed E-state index contributed by atoms with van der Waals surface area (Å²) in [6.45, 7) is 2.89. The highest BCUT2D eigenvalue weighted by Gasteiger charge is 2.17. The summed E-state index contributed by atoms with van der Waals surface area (Å²) in [6, 6.07) is 0. The minimum atomic E-state index is -0.604. The largest absolute Gasteiger partial charge is 0.467 e. The zero-order chi connectivity index (χ0) is 9.56. The van der Waals surface area contributed by atoms with E-state index in [0.29, 0.717) is 0 Å². The second-order valence-electron chi connectivity index (χ2n) is 2.42. The maximum absolute atomic E-state index is 10.8. The van der Waals surface area contributed by atoms with E-state index in [1.54, 1.807) is 0 Å². The van der Waals surface area contributed by atoms with Crippen molar-refractivity contribution in [3.63, 3.8) is 0 Å². The van der Waals surface area contributed by atoms with Crippen molar-refractivity contribution in [3.8, 4) is 0 Å². The molecule has 0 aliphatic rings. The van der Waals surface area contributed by atoms with Crippen LogP contribution in [0.25, 0.3) is 0 Å². The van der Waals surface area contributed by atoms with Crippen molar-refractivity contribution in [3.05, 3.63) is 6.42 Å². The van der Waals surface area contributed by atoms with E-state index in [-0.39, 0.29) is 24.6 Å². The summed E-state index contributed by atoms with van der Waals surface area (Å²) in [5.74, 6) is -0.996. The third-order valence-corrected chi connectivity index (χ3v) is 1.30. The summed E-state index contributed by atoms with van der Waals surface area (Å²) >= 11 is 0. The first-order chi connectivity index (χ1) is 5.57. The molecular weight excluding hydrogens is 160 g/mol. The lowest BCUT2D eigenvalue weighted by Gasteiger charge is -2.08. The normalized spacial score (nSPS) is 11.8. The smallest absolute Gasteiger partial charge is 0.293 e. The molecule has 0 aliphatic carbocycles. The van der Waals surface area contributed by atoms with Crippen LogP contribution in [0.4, 0.5) is 0 Å². The first-order valence-corrected chi connectivity index (χ1v) is 3.49. The summed E-state index contributed by atoms with van der Waals surface area (Å²) in [4.78, 5) is 31.2. The van der Waals surface area contributed by atoms with E-state index in [1.165, 1.54) is 20.3 Å². The van der Waals surface area contributed by atoms with Crippen LogP contribution in [-0.4, -0.2) is 24.6 Å². The fraction of sp³-hybridized carbons (Fsp3) is 0.500. The van der Waals surface area contributed by atoms with Gasteiger partial charge in [0.15, 0.2) is 0 Å². The van der Waals surface area contributed by atoms with E-state index in [9.17, 15) is 14.4 Å². The van der Waals surface area contributed by atoms with Crippen LogP contribution in [0.2, 0.25) is 0 Å². The highest BCUT2D eigenvalue weighted by atomic mass is 16.5. The Morgan fingerprint density at radius 1 is 1.42 bits per heavy atom. The van der Waals surface area contributed by atoms with E-state index in [2.05, 4.69) is 4.74 Å². The van der Waals surface area contributed by atoms with E-state index < -0.39 is 5.92 Å². The van der Waals surface area contributed by atoms with Crippen LogP contribution in [0.3, 0.4) is 0 Å². The number of Topliss-reactive ketones (excluding diaryl/α,β-unsaturated/α-hetero) is 2. The molecule has 0 heterocycles. The number of hydrogen-bond donors (Lipinski definition) is 0. The Morgan fingerprint density at radius 2 is 2.00 bits per heavy atom. The maximum Gasteiger partial charge on any atom is 0.293 e. The van der Waals surface area contributed by atoms with Crippen LogP contribution in [0.15, 0.2) is 0 Å². The van der Waals surface area contributed by atoms with Gasteiger partial charge in [0, 0.05) is 6.42 Å². The van der Waals surface area contributed by atoms with Gasteiger partial charge < -0.3 is 4.74 Å². The first kappa shape index (κ1) is 10.8. The Morgan fingerprint density at radius 3 is 2.33 bits per heavy atom. The molecular formula is C8H11O4. The Labute approximate surface area is 70.9 Å². The lowest BCUT2D eigenvalue weighted by Crippen LogP contribution is -2.20. The SMILES string of the molecule is CC(=O)[CH]C(COC=O)C(C)=O. The van der Waals surface area contributed by atoms with Crippen molar-refractivity contribution in [1.29, 1.82) is 0 Å². The summed E-state index contributed by atoms with van der Waals surface area (Å²) in [5.41, 5.74) is 0. The van der Waals surface area contributed by atoms with Gasteiger partial charge in [0.1, 0.15) is 18.2 Å². The Hall–Kier alpha value is -1.19. The fourth-order valence-corrected chi connectivity index (χ4v) is 0.709. The van der Waals surface area contributed by atoms with Gasteiger partial charge in [-0.05, 0) is 13.8 Å². The number of ketones is 2. The van der Waals surface area contributed by atoms with Gasteiger partial charge in [0.25, 0.3) is 6.47 Å². The molecule has 12 heavy (non-hydrogen) atoms. The quantitative estimate of drug-likeness (QED) is 0.534. The van der Waals surface area contributed by atoms with Gasteiger partial charge in [-0.2, -0.15) is 0 Å². The molecule has 1 atom stereocenters. The predicted octanol–water partition coefficient (Wildman–Crippen LogP) is 0.158. The molecule has 0 saturated heterocycles. The number of carbonyl (C=O) groups excluding carboxylic acids is 3. The Kier molecular flexibility index (Phi) is 4.92. The summed E-state index contributed by atoms with van der Waals surface area (Å²) < 4.78 is 4.37. The van der Waals surface area contributed by atoms with Crippen LogP contribution < -0.4 is 0 Å². The van der Waals surface area contributed by atoms with Crippen LogP contribution in [0.1, 0.15) is 13.8 Å². The molecule has 0 amide bonds. The zero-order valence-corrected chi connectivity index (χ0v) is 7.07. The van der Waals surface area contributed by atoms with Crippen molar-refractivity contribution < 1.29 is 19.1 Å². The van der Waals surface area contributed by atoms with Gasteiger partial charge in [0.2, 0.25) is 0 Å². The molecule has 0 aromatic carbocycles. The standard InChI is InChI=1S/C8H11O4/c1-6(10)3-8(7(2)11)4-12-5-9/h3,5,8H,4H2,1-2H3. The van der Waals surface area contributed by atoms with Gasteiger partial charge >= 0.3 is 0 Å². The minimum Gasteiger partial charge on any atom is -0.467 e. The Bertz CT molecular complexity index is 185. The van der Waals surface area contributed by atoms with Crippen molar-refractivity contribution in [1.82, 2.24) is 0 Å². The number of hydrogen-bond acceptors (Lipinski definition) is 4. The molecule has 0 fully saturated rings.